The van der Waals surface area contributed by atoms with Crippen molar-refractivity contribution in [1.82, 2.24) is 0 Å². The van der Waals surface area contributed by atoms with Gasteiger partial charge in [0.25, 0.3) is 0 Å². The molecule has 0 amide bonds. The molecule has 1 aromatic heterocycles. The van der Waals surface area contributed by atoms with E-state index in [1.54, 1.807) is 0 Å². The number of nitrogens with zero attached hydrogens (tertiary/aromatic N) is 1. The monoisotopic (exact) mass is 734 g/mol. The highest BCUT2D eigenvalue weighted by molar-refractivity contribution is 7.47. The second-order valence-corrected chi connectivity index (χ2v) is 15.3. The molecule has 0 saturated carbocycles. The predicted octanol–water partition coefficient (Wildman–Crippen LogP) is 10.3. The van der Waals surface area contributed by atoms with Gasteiger partial charge in [0.1, 0.15) is 12.7 Å². The fraction of sp³-hybridized carbons (Fsp3) is 0.707. The maximum atomic E-state index is 12.8. The second-order valence-electron chi connectivity index (χ2n) is 13.9. The van der Waals surface area contributed by atoms with E-state index in [0.717, 1.165) is 24.0 Å². The summed E-state index contributed by atoms with van der Waals surface area (Å²) in [4.78, 5) is 21.4. The normalized spacial score (nSPS) is 13.9. The van der Waals surface area contributed by atoms with E-state index in [0.29, 0.717) is 38.5 Å². The van der Waals surface area contributed by atoms with Gasteiger partial charge >= 0.3 is 13.8 Å². The van der Waals surface area contributed by atoms with Gasteiger partial charge in [0.15, 0.2) is 18.9 Å². The molecule has 0 aliphatic rings. The fourth-order valence-corrected chi connectivity index (χ4v) is 6.91. The summed E-state index contributed by atoms with van der Waals surface area (Å²) in [6.07, 6.45) is 24.7. The van der Waals surface area contributed by atoms with Crippen LogP contribution in [0.25, 0.3) is 11.1 Å². The molecule has 0 aliphatic carbocycles. The van der Waals surface area contributed by atoms with E-state index >= 15 is 0 Å². The lowest BCUT2D eigenvalue weighted by molar-refractivity contribution is -0.697. The minimum atomic E-state index is -4.35. The van der Waals surface area contributed by atoms with Gasteiger partial charge in [0.05, 0.1) is 13.2 Å². The Kier molecular flexibility index (Phi) is 25.9. The van der Waals surface area contributed by atoms with E-state index in [4.69, 9.17) is 23.6 Å². The molecule has 2 aromatic rings. The van der Waals surface area contributed by atoms with Gasteiger partial charge in [0.2, 0.25) is 0 Å². The predicted molar refractivity (Wildman–Crippen MR) is 205 cm³/mol. The van der Waals surface area contributed by atoms with Gasteiger partial charge in [-0.25, -0.2) is 9.13 Å². The van der Waals surface area contributed by atoms with E-state index < -0.39 is 19.9 Å². The fourth-order valence-electron chi connectivity index (χ4n) is 6.17. The Morgan fingerprint density at radius 2 is 1.31 bits per heavy atom. The number of rotatable bonds is 34. The van der Waals surface area contributed by atoms with E-state index in [1.165, 1.54) is 89.9 Å². The van der Waals surface area contributed by atoms with Crippen LogP contribution in [0.3, 0.4) is 0 Å². The molecule has 10 heteroatoms. The van der Waals surface area contributed by atoms with Gasteiger partial charge in [-0.1, -0.05) is 134 Å². The molecule has 290 valence electrons. The van der Waals surface area contributed by atoms with Crippen LogP contribution in [0.2, 0.25) is 0 Å². The van der Waals surface area contributed by atoms with Crippen molar-refractivity contribution in [3.8, 4) is 11.1 Å². The number of carboxylic acids is 1. The summed E-state index contributed by atoms with van der Waals surface area (Å²) in [6, 6.07) is 14.0. The average molecular weight is 735 g/mol. The van der Waals surface area contributed by atoms with Crippen molar-refractivity contribution in [1.29, 1.82) is 0 Å². The summed E-state index contributed by atoms with van der Waals surface area (Å²) in [6.45, 7) is 5.87. The molecule has 1 heterocycles. The number of hydrogen-bond acceptors (Lipinski definition) is 6. The minimum Gasteiger partial charge on any atom is -0.481 e. The molecular formula is C41H69NO8P+. The van der Waals surface area contributed by atoms with Crippen LogP contribution in [0.1, 0.15) is 136 Å². The van der Waals surface area contributed by atoms with Crippen molar-refractivity contribution in [3.63, 3.8) is 0 Å². The SMILES string of the molecule is CCCCCCCCCCC(CCCCCCCC)COCC(COP(=O)(O)OCC[n+]1cccc(-c2ccccc2)c1)OCCCCC(=O)O. The average Bonchev–Trinajstić information content (AvgIpc) is 3.12. The molecule has 0 radical (unpaired) electrons. The molecular weight excluding hydrogens is 665 g/mol. The molecule has 0 bridgehead atoms. The molecule has 9 nitrogen and oxygen atoms in total. The summed E-state index contributed by atoms with van der Waals surface area (Å²) in [5, 5.41) is 8.97. The highest BCUT2D eigenvalue weighted by Crippen LogP contribution is 2.43. The molecule has 3 atom stereocenters. The number of pyridine rings is 1. The largest absolute Gasteiger partial charge is 0.481 e. The van der Waals surface area contributed by atoms with E-state index in [2.05, 4.69) is 13.8 Å². The first-order valence-corrected chi connectivity index (χ1v) is 21.4. The van der Waals surface area contributed by atoms with Crippen molar-refractivity contribution >= 4 is 13.8 Å². The number of carboxylic acid groups (broad SMARTS) is 1. The highest BCUT2D eigenvalue weighted by Gasteiger charge is 2.25. The van der Waals surface area contributed by atoms with Gasteiger partial charge in [-0.3, -0.25) is 13.8 Å². The Morgan fingerprint density at radius 3 is 1.94 bits per heavy atom. The Hall–Kier alpha value is -2.13. The first-order valence-electron chi connectivity index (χ1n) is 19.9. The number of unbranched alkanes of at least 4 members (excludes halogenated alkanes) is 13. The van der Waals surface area contributed by atoms with Gasteiger partial charge in [-0.2, -0.15) is 0 Å². The lowest BCUT2D eigenvalue weighted by Crippen LogP contribution is -2.35. The number of aromatic nitrogens is 1. The first-order chi connectivity index (χ1) is 24.8. The van der Waals surface area contributed by atoms with Crippen LogP contribution in [0.15, 0.2) is 54.9 Å². The van der Waals surface area contributed by atoms with Crippen LogP contribution < -0.4 is 4.57 Å². The van der Waals surface area contributed by atoms with Crippen molar-refractivity contribution in [2.45, 2.75) is 148 Å². The lowest BCUT2D eigenvalue weighted by atomic mass is 9.94. The molecule has 1 aromatic carbocycles. The van der Waals surface area contributed by atoms with Crippen molar-refractivity contribution in [2.75, 3.05) is 33.0 Å². The molecule has 2 N–H and O–H groups in total. The van der Waals surface area contributed by atoms with Gasteiger partial charge in [-0.15, -0.1) is 0 Å². The minimum absolute atomic E-state index is 0.00718. The van der Waals surface area contributed by atoms with Gasteiger partial charge in [-0.05, 0) is 43.2 Å². The van der Waals surface area contributed by atoms with Gasteiger partial charge in [0, 0.05) is 31.3 Å². The summed E-state index contributed by atoms with van der Waals surface area (Å²) < 4.78 is 37.6. The molecule has 2 rings (SSSR count). The zero-order valence-electron chi connectivity index (χ0n) is 31.8. The van der Waals surface area contributed by atoms with Crippen LogP contribution in [0.5, 0.6) is 0 Å². The number of ether oxygens (including phenoxy) is 2. The van der Waals surface area contributed by atoms with Crippen molar-refractivity contribution in [3.05, 3.63) is 54.9 Å². The third-order valence-corrected chi connectivity index (χ3v) is 10.2. The van der Waals surface area contributed by atoms with Crippen LogP contribution in [-0.4, -0.2) is 55.1 Å². The lowest BCUT2D eigenvalue weighted by Gasteiger charge is -2.22. The quantitative estimate of drug-likeness (QED) is 0.0415. The number of carbonyl (C=O) groups is 1. The topological polar surface area (TPSA) is 115 Å². The Labute approximate surface area is 309 Å². The second kappa shape index (κ2) is 29.3. The molecule has 3 unspecified atom stereocenters. The molecule has 0 spiro atoms. The number of aliphatic carboxylic acids is 1. The maximum absolute atomic E-state index is 12.8. The van der Waals surface area contributed by atoms with Crippen molar-refractivity contribution in [2.24, 2.45) is 5.92 Å². The summed E-state index contributed by atoms with van der Waals surface area (Å²) in [7, 11) is -4.35. The Bertz CT molecular complexity index is 1180. The van der Waals surface area contributed by atoms with Crippen LogP contribution in [0.4, 0.5) is 0 Å². The molecule has 51 heavy (non-hydrogen) atoms. The van der Waals surface area contributed by atoms with Crippen LogP contribution >= 0.6 is 7.82 Å². The zero-order valence-corrected chi connectivity index (χ0v) is 32.7. The molecule has 0 fully saturated rings. The van der Waals surface area contributed by atoms with E-state index in [1.807, 2.05) is 59.4 Å². The number of phosphoric ester groups is 1. The van der Waals surface area contributed by atoms with Gasteiger partial charge < -0.3 is 19.5 Å². The van der Waals surface area contributed by atoms with Crippen molar-refractivity contribution < 1.29 is 42.4 Å². The molecule has 0 saturated heterocycles. The number of hydrogen-bond donors (Lipinski definition) is 2. The first kappa shape index (κ1) is 45.0. The van der Waals surface area contributed by atoms with Crippen LogP contribution in [-0.2, 0) is 34.4 Å². The summed E-state index contributed by atoms with van der Waals surface area (Å²) >= 11 is 0. The number of phosphoric acid groups is 1. The smallest absolute Gasteiger partial charge is 0.472 e. The van der Waals surface area contributed by atoms with E-state index in [9.17, 15) is 14.3 Å². The third kappa shape index (κ3) is 23.9. The zero-order chi connectivity index (χ0) is 36.8. The highest BCUT2D eigenvalue weighted by atomic mass is 31.2. The summed E-state index contributed by atoms with van der Waals surface area (Å²) in [5.41, 5.74) is 2.12. The Balaban J connectivity index is 1.86. The standard InChI is InChI=1S/C41H68NO8P/c1-3-5-7-9-11-12-14-17-24-37(23-16-13-10-8-6-4-2)34-47-35-40(48-31-21-20-28-41(43)44)36-50-51(45,46)49-32-30-42-29-22-27-39(33-42)38-25-18-15-19-26-38/h15,18-19,22,25-27,29,33,37,40H,3-14,16-17,20-21,23-24,28,30-32,34-36H2,1-2H3,(H-,43,44,45,46)/p+1. The Morgan fingerprint density at radius 1 is 0.706 bits per heavy atom. The third-order valence-electron chi connectivity index (χ3n) is 9.22. The number of benzene rings is 1. The maximum Gasteiger partial charge on any atom is 0.472 e. The van der Waals surface area contributed by atoms with Crippen LogP contribution in [0, 0.1) is 5.92 Å². The van der Waals surface area contributed by atoms with E-state index in [-0.39, 0.29) is 26.2 Å². The summed E-state index contributed by atoms with van der Waals surface area (Å²) in [5.74, 6) is -0.368. The molecule has 0 aliphatic heterocycles.